The Morgan fingerprint density at radius 2 is 1.87 bits per heavy atom. The molecule has 156 valence electrons. The van der Waals surface area contributed by atoms with Gasteiger partial charge in [-0.25, -0.2) is 4.79 Å². The van der Waals surface area contributed by atoms with Crippen molar-refractivity contribution in [1.82, 2.24) is 0 Å². The molecule has 0 aliphatic rings. The van der Waals surface area contributed by atoms with Crippen molar-refractivity contribution in [3.05, 3.63) is 86.3 Å². The van der Waals surface area contributed by atoms with E-state index < -0.39 is 5.97 Å². The van der Waals surface area contributed by atoms with Crippen molar-refractivity contribution >= 4 is 39.2 Å². The van der Waals surface area contributed by atoms with E-state index in [0.717, 1.165) is 15.6 Å². The van der Waals surface area contributed by atoms with Crippen LogP contribution in [0.1, 0.15) is 27.0 Å². The highest BCUT2D eigenvalue weighted by Crippen LogP contribution is 2.35. The van der Waals surface area contributed by atoms with Crippen LogP contribution in [0.5, 0.6) is 11.5 Å². The molecule has 0 unspecified atom stereocenters. The van der Waals surface area contributed by atoms with Gasteiger partial charge in [-0.3, -0.25) is 0 Å². The predicted octanol–water partition coefficient (Wildman–Crippen LogP) is 6.31. The van der Waals surface area contributed by atoms with Crippen LogP contribution in [-0.4, -0.2) is 18.2 Å². The number of benzene rings is 3. The maximum Gasteiger partial charge on any atom is 0.337 e. The number of aromatic carboxylic acids is 1. The topological polar surface area (TPSA) is 67.8 Å². The summed E-state index contributed by atoms with van der Waals surface area (Å²) in [5, 5.41) is 12.6. The van der Waals surface area contributed by atoms with Crippen molar-refractivity contribution in [2.45, 2.75) is 20.1 Å². The maximum absolute atomic E-state index is 11.3. The van der Waals surface area contributed by atoms with Crippen molar-refractivity contribution < 1.29 is 19.4 Å². The van der Waals surface area contributed by atoms with Gasteiger partial charge in [-0.1, -0.05) is 51.8 Å². The van der Waals surface area contributed by atoms with Crippen molar-refractivity contribution in [2.24, 2.45) is 0 Å². The van der Waals surface area contributed by atoms with E-state index in [4.69, 9.17) is 21.1 Å². The summed E-state index contributed by atoms with van der Waals surface area (Å²) < 4.78 is 12.4. The Hall–Kier alpha value is -2.70. The molecule has 0 saturated heterocycles. The van der Waals surface area contributed by atoms with Crippen LogP contribution in [0.2, 0.25) is 5.02 Å². The van der Waals surface area contributed by atoms with Gasteiger partial charge in [0.15, 0.2) is 11.5 Å². The van der Waals surface area contributed by atoms with E-state index >= 15 is 0 Å². The number of carbonyl (C=O) groups is 1. The lowest BCUT2D eigenvalue weighted by Crippen LogP contribution is -2.05. The molecular weight excluding hydrogens is 470 g/mol. The zero-order chi connectivity index (χ0) is 21.7. The van der Waals surface area contributed by atoms with Crippen LogP contribution in [-0.2, 0) is 13.2 Å². The summed E-state index contributed by atoms with van der Waals surface area (Å²) in [5.74, 6) is 0.184. The molecule has 0 aromatic heterocycles. The quantitative estimate of drug-likeness (QED) is 0.387. The smallest absolute Gasteiger partial charge is 0.337 e. The van der Waals surface area contributed by atoms with Crippen LogP contribution >= 0.6 is 27.5 Å². The van der Waals surface area contributed by atoms with Gasteiger partial charge in [0.1, 0.15) is 6.61 Å². The number of hydrogen-bond donors (Lipinski definition) is 2. The number of anilines is 1. The zero-order valence-corrected chi connectivity index (χ0v) is 18.9. The lowest BCUT2D eigenvalue weighted by atomic mass is 10.1. The number of aryl methyl sites for hydroxylation is 1. The first kappa shape index (κ1) is 22.0. The minimum absolute atomic E-state index is 0.0540. The molecule has 0 saturated carbocycles. The predicted molar refractivity (Wildman–Crippen MR) is 122 cm³/mol. The minimum Gasteiger partial charge on any atom is -0.493 e. The van der Waals surface area contributed by atoms with Crippen LogP contribution < -0.4 is 14.8 Å². The van der Waals surface area contributed by atoms with Gasteiger partial charge in [0, 0.05) is 16.7 Å². The Balaban J connectivity index is 1.74. The average Bonchev–Trinajstić information content (AvgIpc) is 2.73. The molecule has 0 bridgehead atoms. The van der Waals surface area contributed by atoms with Gasteiger partial charge in [-0.2, -0.15) is 0 Å². The third-order valence-corrected chi connectivity index (χ3v) is 5.72. The van der Waals surface area contributed by atoms with Crippen molar-refractivity contribution in [1.29, 1.82) is 0 Å². The molecule has 3 aromatic carbocycles. The van der Waals surface area contributed by atoms with Crippen molar-refractivity contribution in [3.63, 3.8) is 0 Å². The summed E-state index contributed by atoms with van der Waals surface area (Å²) in [7, 11) is 1.60. The summed E-state index contributed by atoms with van der Waals surface area (Å²) in [6, 6.07) is 16.6. The summed E-state index contributed by atoms with van der Waals surface area (Å²) in [4.78, 5) is 11.3. The summed E-state index contributed by atoms with van der Waals surface area (Å²) in [6.07, 6.45) is 0. The van der Waals surface area contributed by atoms with E-state index in [9.17, 15) is 9.90 Å². The molecule has 0 radical (unpaired) electrons. The highest BCUT2D eigenvalue weighted by molar-refractivity contribution is 9.10. The largest absolute Gasteiger partial charge is 0.493 e. The maximum atomic E-state index is 11.3. The van der Waals surface area contributed by atoms with Crippen molar-refractivity contribution in [3.8, 4) is 11.5 Å². The number of hydrogen-bond acceptors (Lipinski definition) is 4. The van der Waals surface area contributed by atoms with Crippen LogP contribution in [0.15, 0.2) is 59.1 Å². The Bertz CT molecular complexity index is 1070. The minimum atomic E-state index is -1.07. The summed E-state index contributed by atoms with van der Waals surface area (Å²) in [5.41, 5.74) is 3.92. The molecule has 3 aromatic rings. The number of halogens is 2. The third kappa shape index (κ3) is 5.26. The SMILES string of the molecule is COc1cc(CNc2ccc(Cl)c(C(=O)O)c2)c(Br)cc1OCc1ccccc1C. The molecule has 5 nitrogen and oxygen atoms in total. The normalized spacial score (nSPS) is 10.5. The lowest BCUT2D eigenvalue weighted by Gasteiger charge is -2.16. The molecule has 3 rings (SSSR count). The highest BCUT2D eigenvalue weighted by Gasteiger charge is 2.13. The van der Waals surface area contributed by atoms with E-state index in [0.29, 0.717) is 30.3 Å². The molecule has 0 fully saturated rings. The van der Waals surface area contributed by atoms with Gasteiger partial charge in [0.05, 0.1) is 17.7 Å². The number of methoxy groups -OCH3 is 1. The molecule has 2 N–H and O–H groups in total. The standard InChI is InChI=1S/C23H21BrClNO4/c1-14-5-3-4-6-15(14)13-30-22-11-19(24)16(9-21(22)29-2)12-26-17-7-8-20(25)18(10-17)23(27)28/h3-11,26H,12-13H2,1-2H3,(H,27,28). The molecular formula is C23H21BrClNO4. The Morgan fingerprint density at radius 3 is 2.57 bits per heavy atom. The highest BCUT2D eigenvalue weighted by atomic mass is 79.9. The van der Waals surface area contributed by atoms with E-state index in [1.807, 2.05) is 43.3 Å². The second-order valence-corrected chi connectivity index (χ2v) is 7.92. The van der Waals surface area contributed by atoms with Gasteiger partial charge in [-0.05, 0) is 53.9 Å². The first-order valence-corrected chi connectivity index (χ1v) is 10.4. The fraction of sp³-hybridized carbons (Fsp3) is 0.174. The molecule has 0 spiro atoms. The fourth-order valence-corrected chi connectivity index (χ4v) is 3.57. The van der Waals surface area contributed by atoms with Gasteiger partial charge < -0.3 is 19.9 Å². The molecule has 30 heavy (non-hydrogen) atoms. The van der Waals surface area contributed by atoms with Crippen molar-refractivity contribution in [2.75, 3.05) is 12.4 Å². The Labute approximate surface area is 188 Å². The van der Waals surface area contributed by atoms with Crippen LogP contribution in [0.25, 0.3) is 0 Å². The van der Waals surface area contributed by atoms with E-state index in [-0.39, 0.29) is 10.6 Å². The zero-order valence-electron chi connectivity index (χ0n) is 16.5. The first-order chi connectivity index (χ1) is 14.4. The van der Waals surface area contributed by atoms with E-state index in [1.165, 1.54) is 11.6 Å². The van der Waals surface area contributed by atoms with Crippen LogP contribution in [0.4, 0.5) is 5.69 Å². The molecule has 0 atom stereocenters. The van der Waals surface area contributed by atoms with Gasteiger partial charge >= 0.3 is 5.97 Å². The Kier molecular flexibility index (Phi) is 7.24. The summed E-state index contributed by atoms with van der Waals surface area (Å²) in [6.45, 7) is 2.94. The van der Waals surface area contributed by atoms with Gasteiger partial charge in [-0.15, -0.1) is 0 Å². The van der Waals surface area contributed by atoms with Crippen LogP contribution in [0, 0.1) is 6.92 Å². The monoisotopic (exact) mass is 489 g/mol. The first-order valence-electron chi connectivity index (χ1n) is 9.19. The number of carboxylic acids is 1. The molecule has 0 aliphatic carbocycles. The number of nitrogens with one attached hydrogen (secondary N) is 1. The van der Waals surface area contributed by atoms with E-state index in [1.54, 1.807) is 19.2 Å². The number of ether oxygens (including phenoxy) is 2. The van der Waals surface area contributed by atoms with Gasteiger partial charge in [0.25, 0.3) is 0 Å². The lowest BCUT2D eigenvalue weighted by molar-refractivity contribution is 0.0697. The average molecular weight is 491 g/mol. The molecule has 0 heterocycles. The molecule has 0 amide bonds. The number of carboxylic acid groups (broad SMARTS) is 1. The van der Waals surface area contributed by atoms with Crippen LogP contribution in [0.3, 0.4) is 0 Å². The van der Waals surface area contributed by atoms with Gasteiger partial charge in [0.2, 0.25) is 0 Å². The van der Waals surface area contributed by atoms with E-state index in [2.05, 4.69) is 21.2 Å². The third-order valence-electron chi connectivity index (χ3n) is 4.66. The molecule has 0 aliphatic heterocycles. The molecule has 7 heteroatoms. The summed E-state index contributed by atoms with van der Waals surface area (Å²) >= 11 is 9.51. The number of rotatable bonds is 8. The fourth-order valence-electron chi connectivity index (χ4n) is 2.91. The Morgan fingerprint density at radius 1 is 1.10 bits per heavy atom. The second kappa shape index (κ2) is 9.87. The second-order valence-electron chi connectivity index (χ2n) is 6.66.